The normalized spacial score (nSPS) is 26.6. The lowest BCUT2D eigenvalue weighted by Crippen LogP contribution is -2.04. The number of benzene rings is 1. The second kappa shape index (κ2) is 4.37. The summed E-state index contributed by atoms with van der Waals surface area (Å²) in [6.45, 7) is 0. The van der Waals surface area contributed by atoms with Crippen molar-refractivity contribution in [2.24, 2.45) is 0 Å². The molecule has 0 unspecified atom stereocenters. The van der Waals surface area contributed by atoms with Gasteiger partial charge in [-0.1, -0.05) is 30.1 Å². The van der Waals surface area contributed by atoms with Gasteiger partial charge in [0.25, 0.3) is 0 Å². The zero-order valence-electron chi connectivity index (χ0n) is 7.95. The van der Waals surface area contributed by atoms with E-state index in [4.69, 9.17) is 24.2 Å². The van der Waals surface area contributed by atoms with E-state index in [-0.39, 0.29) is 12.2 Å². The molecule has 0 amide bonds. The average molecular weight is 206 g/mol. The van der Waals surface area contributed by atoms with Crippen molar-refractivity contribution in [3.63, 3.8) is 0 Å². The third-order valence-electron chi connectivity index (χ3n) is 2.61. The lowest BCUT2D eigenvalue weighted by molar-refractivity contribution is 0.0559. The smallest absolute Gasteiger partial charge is 0.0829 e. The van der Waals surface area contributed by atoms with Gasteiger partial charge in [0, 0.05) is 5.02 Å². The van der Waals surface area contributed by atoms with E-state index in [1.165, 1.54) is 5.56 Å². The highest BCUT2D eigenvalue weighted by atomic mass is 35.5. The average Bonchev–Trinajstić information content (AvgIpc) is 2.67. The Balaban J connectivity index is 2.06. The molecule has 2 radical (unpaired) electrons. The van der Waals surface area contributed by atoms with E-state index in [1.807, 2.05) is 24.3 Å². The van der Waals surface area contributed by atoms with Gasteiger partial charge in [-0.3, -0.25) is 0 Å². The topological polar surface area (TPSA) is 9.23 Å². The first-order chi connectivity index (χ1) is 6.79. The Morgan fingerprint density at radius 1 is 1.29 bits per heavy atom. The van der Waals surface area contributed by atoms with Crippen LogP contribution < -0.4 is 0 Å². The summed E-state index contributed by atoms with van der Waals surface area (Å²) in [6, 6.07) is 7.84. The van der Waals surface area contributed by atoms with Crippen LogP contribution >= 0.6 is 11.6 Å². The third-order valence-corrected chi connectivity index (χ3v) is 2.86. The molecular formula is C11H12BClO. The molecule has 72 valence electrons. The van der Waals surface area contributed by atoms with Crippen LogP contribution in [0.3, 0.4) is 0 Å². The first-order valence-electron chi connectivity index (χ1n) is 4.90. The van der Waals surface area contributed by atoms with Gasteiger partial charge in [-0.15, -0.1) is 0 Å². The lowest BCUT2D eigenvalue weighted by Gasteiger charge is -2.12. The van der Waals surface area contributed by atoms with Crippen LogP contribution in [0.2, 0.25) is 11.3 Å². The SMILES string of the molecule is [B]C[C@H]1CC[C@@H](c2ccc(Cl)cc2)O1. The van der Waals surface area contributed by atoms with Gasteiger partial charge in [-0.05, 0) is 30.5 Å². The van der Waals surface area contributed by atoms with Crippen molar-refractivity contribution >= 4 is 19.4 Å². The molecule has 2 rings (SSSR count). The van der Waals surface area contributed by atoms with E-state index in [0.717, 1.165) is 17.9 Å². The maximum absolute atomic E-state index is 5.81. The van der Waals surface area contributed by atoms with Crippen LogP contribution in [0.5, 0.6) is 0 Å². The highest BCUT2D eigenvalue weighted by molar-refractivity contribution is 6.30. The predicted molar refractivity (Wildman–Crippen MR) is 58.9 cm³/mol. The summed E-state index contributed by atoms with van der Waals surface area (Å²) in [5.74, 6) is 0. The summed E-state index contributed by atoms with van der Waals surface area (Å²) in [6.07, 6.45) is 3.17. The van der Waals surface area contributed by atoms with Gasteiger partial charge >= 0.3 is 0 Å². The predicted octanol–water partition coefficient (Wildman–Crippen LogP) is 3.15. The molecular weight excluding hydrogens is 194 g/mol. The van der Waals surface area contributed by atoms with Crippen LogP contribution in [0.1, 0.15) is 24.5 Å². The minimum atomic E-state index is 0.209. The standard InChI is InChI=1S/C11H12BClO/c12-7-10-5-6-11(14-10)8-1-3-9(13)4-2-8/h1-4,10-11H,5-7H2/t10-,11+/m1/s1. The summed E-state index contributed by atoms with van der Waals surface area (Å²) < 4.78 is 5.77. The number of halogens is 1. The van der Waals surface area contributed by atoms with E-state index in [9.17, 15) is 0 Å². The minimum absolute atomic E-state index is 0.209. The van der Waals surface area contributed by atoms with Crippen LogP contribution in [-0.4, -0.2) is 14.0 Å². The summed E-state index contributed by atoms with van der Waals surface area (Å²) in [4.78, 5) is 0. The molecule has 0 bridgehead atoms. The maximum Gasteiger partial charge on any atom is 0.0829 e. The van der Waals surface area contributed by atoms with Gasteiger partial charge in [-0.25, -0.2) is 0 Å². The van der Waals surface area contributed by atoms with Crippen molar-refractivity contribution in [3.8, 4) is 0 Å². The van der Waals surface area contributed by atoms with E-state index >= 15 is 0 Å². The molecule has 1 aromatic carbocycles. The van der Waals surface area contributed by atoms with Crippen molar-refractivity contribution in [2.75, 3.05) is 0 Å². The third kappa shape index (κ3) is 2.13. The van der Waals surface area contributed by atoms with Crippen molar-refractivity contribution < 1.29 is 4.74 Å². The molecule has 2 atom stereocenters. The summed E-state index contributed by atoms with van der Waals surface area (Å²) in [5, 5.41) is 0.766. The largest absolute Gasteiger partial charge is 0.371 e. The van der Waals surface area contributed by atoms with Gasteiger partial charge in [0.05, 0.1) is 20.1 Å². The number of ether oxygens (including phenoxy) is 1. The summed E-state index contributed by atoms with van der Waals surface area (Å²) in [7, 11) is 5.55. The first kappa shape index (κ1) is 10.1. The molecule has 1 heterocycles. The molecule has 0 N–H and O–H groups in total. The van der Waals surface area contributed by atoms with Crippen LogP contribution in [0.4, 0.5) is 0 Å². The minimum Gasteiger partial charge on any atom is -0.371 e. The summed E-state index contributed by atoms with van der Waals surface area (Å²) in [5.41, 5.74) is 1.20. The molecule has 1 aromatic rings. The van der Waals surface area contributed by atoms with Crippen LogP contribution in [0.25, 0.3) is 0 Å². The van der Waals surface area contributed by atoms with Crippen molar-refractivity contribution in [2.45, 2.75) is 31.4 Å². The first-order valence-corrected chi connectivity index (χ1v) is 5.28. The Morgan fingerprint density at radius 2 is 2.00 bits per heavy atom. The van der Waals surface area contributed by atoms with Gasteiger partial charge < -0.3 is 4.74 Å². The quantitative estimate of drug-likeness (QED) is 0.676. The van der Waals surface area contributed by atoms with Crippen LogP contribution in [0.15, 0.2) is 24.3 Å². The zero-order valence-corrected chi connectivity index (χ0v) is 8.70. The molecule has 1 saturated heterocycles. The van der Waals surface area contributed by atoms with E-state index < -0.39 is 0 Å². The van der Waals surface area contributed by atoms with Crippen molar-refractivity contribution in [1.82, 2.24) is 0 Å². The number of rotatable bonds is 2. The monoisotopic (exact) mass is 206 g/mol. The van der Waals surface area contributed by atoms with Gasteiger partial charge in [0.1, 0.15) is 0 Å². The lowest BCUT2D eigenvalue weighted by atomic mass is 9.97. The van der Waals surface area contributed by atoms with Crippen LogP contribution in [0, 0.1) is 0 Å². The highest BCUT2D eigenvalue weighted by Gasteiger charge is 2.24. The number of hydrogen-bond acceptors (Lipinski definition) is 1. The molecule has 0 aromatic heterocycles. The Kier molecular flexibility index (Phi) is 3.14. The van der Waals surface area contributed by atoms with E-state index in [0.29, 0.717) is 6.32 Å². The molecule has 0 saturated carbocycles. The molecule has 0 aliphatic carbocycles. The van der Waals surface area contributed by atoms with Crippen molar-refractivity contribution in [3.05, 3.63) is 34.9 Å². The highest BCUT2D eigenvalue weighted by Crippen LogP contribution is 2.33. The zero-order chi connectivity index (χ0) is 9.97. The molecule has 1 aliphatic heterocycles. The molecule has 14 heavy (non-hydrogen) atoms. The van der Waals surface area contributed by atoms with Gasteiger partial charge in [0.2, 0.25) is 0 Å². The molecule has 1 aliphatic rings. The van der Waals surface area contributed by atoms with Crippen molar-refractivity contribution in [1.29, 1.82) is 0 Å². The van der Waals surface area contributed by atoms with Crippen LogP contribution in [-0.2, 0) is 4.74 Å². The second-order valence-corrected chi connectivity index (χ2v) is 4.05. The molecule has 0 spiro atoms. The van der Waals surface area contributed by atoms with E-state index in [1.54, 1.807) is 0 Å². The van der Waals surface area contributed by atoms with Gasteiger partial charge in [-0.2, -0.15) is 0 Å². The fourth-order valence-corrected chi connectivity index (χ4v) is 1.93. The summed E-state index contributed by atoms with van der Waals surface area (Å²) >= 11 is 5.81. The van der Waals surface area contributed by atoms with E-state index in [2.05, 4.69) is 0 Å². The Bertz CT molecular complexity index is 299. The fraction of sp³-hybridized carbons (Fsp3) is 0.455. The molecule has 3 heteroatoms. The molecule has 1 nitrogen and oxygen atoms in total. The Morgan fingerprint density at radius 3 is 2.57 bits per heavy atom. The Labute approximate surface area is 90.8 Å². The Hall–Kier alpha value is -0.465. The van der Waals surface area contributed by atoms with Gasteiger partial charge in [0.15, 0.2) is 0 Å². The number of hydrogen-bond donors (Lipinski definition) is 0. The molecule has 1 fully saturated rings. The fourth-order valence-electron chi connectivity index (χ4n) is 1.80. The maximum atomic E-state index is 5.81. The second-order valence-electron chi connectivity index (χ2n) is 3.61.